The third-order valence-electron chi connectivity index (χ3n) is 1.32. The molecule has 2 heteroatoms. The quantitative estimate of drug-likeness (QED) is 0.675. The van der Waals surface area contributed by atoms with Gasteiger partial charge in [0.1, 0.15) is 5.65 Å². The Morgan fingerprint density at radius 3 is 2.36 bits per heavy atom. The maximum atomic E-state index is 4.09. The summed E-state index contributed by atoms with van der Waals surface area (Å²) in [5.74, 6) is 0. The summed E-state index contributed by atoms with van der Waals surface area (Å²) in [7, 11) is 0. The average molecular weight is 190 g/mol. The van der Waals surface area contributed by atoms with Crippen LogP contribution in [0.5, 0.6) is 0 Å². The van der Waals surface area contributed by atoms with E-state index >= 15 is 0 Å². The fourth-order valence-electron chi connectivity index (χ4n) is 0.883. The predicted octanol–water partition coefficient (Wildman–Crippen LogP) is 3.62. The van der Waals surface area contributed by atoms with E-state index in [-0.39, 0.29) is 0 Å². The van der Waals surface area contributed by atoms with Crippen LogP contribution in [0.2, 0.25) is 0 Å². The van der Waals surface area contributed by atoms with Crippen LogP contribution in [0.25, 0.3) is 11.0 Å². The van der Waals surface area contributed by atoms with Gasteiger partial charge in [0.25, 0.3) is 0 Å². The first-order chi connectivity index (χ1) is 6.47. The van der Waals surface area contributed by atoms with E-state index in [0.717, 1.165) is 11.0 Å². The molecule has 2 rings (SSSR count). The van der Waals surface area contributed by atoms with Gasteiger partial charge in [0, 0.05) is 17.8 Å². The number of aromatic nitrogens is 2. The standard InChI is InChI=1S/C7H6N2.C5H12/c1-2-6-3-5-9-7(6)8-4-1;1-5(2,3)4/h1-5H,(H,8,9);1-4H3. The van der Waals surface area contributed by atoms with Gasteiger partial charge in [-0.2, -0.15) is 0 Å². The highest BCUT2D eigenvalue weighted by molar-refractivity contribution is 5.74. The second kappa shape index (κ2) is 4.27. The van der Waals surface area contributed by atoms with Gasteiger partial charge in [-0.1, -0.05) is 27.7 Å². The SMILES string of the molecule is CC(C)(C)C.c1cnc2[nH]ccc2c1. The van der Waals surface area contributed by atoms with E-state index in [9.17, 15) is 0 Å². The Balaban J connectivity index is 0.000000171. The molecule has 2 aromatic heterocycles. The fourth-order valence-corrected chi connectivity index (χ4v) is 0.883. The number of hydrogen-bond donors (Lipinski definition) is 1. The van der Waals surface area contributed by atoms with Crippen molar-refractivity contribution in [2.45, 2.75) is 27.7 Å². The molecule has 0 saturated heterocycles. The Kier molecular flexibility index (Phi) is 3.28. The molecule has 0 aliphatic rings. The first-order valence-electron chi connectivity index (χ1n) is 4.85. The Morgan fingerprint density at radius 2 is 1.79 bits per heavy atom. The molecule has 1 N–H and O–H groups in total. The summed E-state index contributed by atoms with van der Waals surface area (Å²) in [5, 5.41) is 1.16. The third-order valence-corrected chi connectivity index (χ3v) is 1.32. The number of fused-ring (bicyclic) bond motifs is 1. The van der Waals surface area contributed by atoms with Crippen molar-refractivity contribution in [1.29, 1.82) is 0 Å². The second-order valence-electron chi connectivity index (χ2n) is 4.92. The highest BCUT2D eigenvalue weighted by atomic mass is 14.8. The van der Waals surface area contributed by atoms with Crippen molar-refractivity contribution >= 4 is 11.0 Å². The number of pyridine rings is 1. The number of rotatable bonds is 0. The van der Waals surface area contributed by atoms with Crippen LogP contribution in [-0.2, 0) is 0 Å². The maximum Gasteiger partial charge on any atom is 0.137 e. The number of nitrogens with one attached hydrogen (secondary N) is 1. The molecule has 0 fully saturated rings. The molecule has 2 nitrogen and oxygen atoms in total. The van der Waals surface area contributed by atoms with E-state index in [1.54, 1.807) is 6.20 Å². The van der Waals surface area contributed by atoms with Gasteiger partial charge in [0.2, 0.25) is 0 Å². The number of nitrogens with zero attached hydrogens (tertiary/aromatic N) is 1. The monoisotopic (exact) mass is 190 g/mol. The molecule has 0 atom stereocenters. The Bertz CT molecular complexity index is 346. The smallest absolute Gasteiger partial charge is 0.137 e. The lowest BCUT2D eigenvalue weighted by Crippen LogP contribution is -1.93. The summed E-state index contributed by atoms with van der Waals surface area (Å²) in [6, 6.07) is 5.96. The minimum absolute atomic E-state index is 0.500. The molecule has 2 heterocycles. The number of aromatic amines is 1. The first kappa shape index (κ1) is 10.8. The van der Waals surface area contributed by atoms with E-state index in [2.05, 4.69) is 37.7 Å². The summed E-state index contributed by atoms with van der Waals surface area (Å²) in [4.78, 5) is 7.09. The Morgan fingerprint density at radius 1 is 1.14 bits per heavy atom. The van der Waals surface area contributed by atoms with E-state index in [4.69, 9.17) is 0 Å². The van der Waals surface area contributed by atoms with Crippen LogP contribution in [0.4, 0.5) is 0 Å². The van der Waals surface area contributed by atoms with Crippen molar-refractivity contribution in [2.75, 3.05) is 0 Å². The van der Waals surface area contributed by atoms with Gasteiger partial charge < -0.3 is 4.98 Å². The van der Waals surface area contributed by atoms with Crippen LogP contribution in [0.1, 0.15) is 27.7 Å². The number of H-pyrrole nitrogens is 1. The van der Waals surface area contributed by atoms with Crippen LogP contribution in [-0.4, -0.2) is 9.97 Å². The summed E-state index contributed by atoms with van der Waals surface area (Å²) in [6.45, 7) is 8.75. The molecule has 0 aromatic carbocycles. The lowest BCUT2D eigenvalue weighted by Gasteiger charge is -2.05. The number of hydrogen-bond acceptors (Lipinski definition) is 1. The van der Waals surface area contributed by atoms with Crippen LogP contribution < -0.4 is 0 Å². The fraction of sp³-hybridized carbons (Fsp3) is 0.417. The maximum absolute atomic E-state index is 4.09. The topological polar surface area (TPSA) is 28.7 Å². The van der Waals surface area contributed by atoms with Crippen LogP contribution >= 0.6 is 0 Å². The summed E-state index contributed by atoms with van der Waals surface area (Å²) in [6.07, 6.45) is 3.66. The van der Waals surface area contributed by atoms with E-state index in [1.807, 2.05) is 24.4 Å². The van der Waals surface area contributed by atoms with Gasteiger partial charge in [-0.15, -0.1) is 0 Å². The van der Waals surface area contributed by atoms with E-state index in [0.29, 0.717) is 5.41 Å². The van der Waals surface area contributed by atoms with Gasteiger partial charge in [0.05, 0.1) is 0 Å². The zero-order valence-corrected chi connectivity index (χ0v) is 9.33. The molecule has 0 aliphatic carbocycles. The minimum Gasteiger partial charge on any atom is -0.346 e. The Hall–Kier alpha value is -1.31. The summed E-state index contributed by atoms with van der Waals surface area (Å²) >= 11 is 0. The van der Waals surface area contributed by atoms with Crippen molar-refractivity contribution in [3.63, 3.8) is 0 Å². The van der Waals surface area contributed by atoms with Crippen molar-refractivity contribution in [1.82, 2.24) is 9.97 Å². The highest BCUT2D eigenvalue weighted by Crippen LogP contribution is 2.08. The van der Waals surface area contributed by atoms with Crippen LogP contribution in [0.3, 0.4) is 0 Å². The lowest BCUT2D eigenvalue weighted by atomic mass is 10.0. The normalized spacial score (nSPS) is 10.9. The van der Waals surface area contributed by atoms with Gasteiger partial charge >= 0.3 is 0 Å². The molecule has 0 spiro atoms. The predicted molar refractivity (Wildman–Crippen MR) is 61.2 cm³/mol. The molecular formula is C12H18N2. The summed E-state index contributed by atoms with van der Waals surface area (Å²) < 4.78 is 0. The van der Waals surface area contributed by atoms with Gasteiger partial charge in [-0.3, -0.25) is 0 Å². The molecule has 0 radical (unpaired) electrons. The van der Waals surface area contributed by atoms with Gasteiger partial charge in [-0.25, -0.2) is 4.98 Å². The molecule has 0 unspecified atom stereocenters. The third kappa shape index (κ3) is 4.08. The van der Waals surface area contributed by atoms with Crippen LogP contribution in [0.15, 0.2) is 30.6 Å². The second-order valence-corrected chi connectivity index (χ2v) is 4.92. The minimum atomic E-state index is 0.500. The molecule has 0 amide bonds. The van der Waals surface area contributed by atoms with Crippen molar-refractivity contribution in [3.05, 3.63) is 30.6 Å². The zero-order chi connectivity index (χ0) is 10.6. The van der Waals surface area contributed by atoms with Crippen LogP contribution in [0, 0.1) is 5.41 Å². The largest absolute Gasteiger partial charge is 0.346 e. The summed E-state index contributed by atoms with van der Waals surface area (Å²) in [5.41, 5.74) is 1.46. The Labute approximate surface area is 85.4 Å². The molecule has 76 valence electrons. The van der Waals surface area contributed by atoms with E-state index in [1.165, 1.54) is 0 Å². The van der Waals surface area contributed by atoms with Crippen molar-refractivity contribution in [3.8, 4) is 0 Å². The molecule has 0 saturated carbocycles. The lowest BCUT2D eigenvalue weighted by molar-refractivity contribution is 0.469. The van der Waals surface area contributed by atoms with Gasteiger partial charge in [0.15, 0.2) is 0 Å². The van der Waals surface area contributed by atoms with E-state index < -0.39 is 0 Å². The molecular weight excluding hydrogens is 172 g/mol. The highest BCUT2D eigenvalue weighted by Gasteiger charge is 1.95. The molecule has 0 bridgehead atoms. The molecule has 0 aliphatic heterocycles. The molecule has 2 aromatic rings. The molecule has 14 heavy (non-hydrogen) atoms. The van der Waals surface area contributed by atoms with Crippen molar-refractivity contribution < 1.29 is 0 Å². The van der Waals surface area contributed by atoms with Gasteiger partial charge in [-0.05, 0) is 23.6 Å². The zero-order valence-electron chi connectivity index (χ0n) is 9.33. The average Bonchev–Trinajstić information content (AvgIpc) is 2.47. The van der Waals surface area contributed by atoms with Crippen molar-refractivity contribution in [2.24, 2.45) is 5.41 Å². The first-order valence-corrected chi connectivity index (χ1v) is 4.85.